The Hall–Kier alpha value is -2.78. The highest BCUT2D eigenvalue weighted by atomic mass is 32.2. The van der Waals surface area contributed by atoms with Gasteiger partial charge in [-0.15, -0.1) is 0 Å². The molecular weight excluding hydrogens is 336 g/mol. The largest absolute Gasteiger partial charge is 0.335 e. The highest BCUT2D eigenvalue weighted by Crippen LogP contribution is 2.30. The number of nitrogens with zero attached hydrogens (tertiary/aromatic N) is 1. The smallest absolute Gasteiger partial charge is 0.166 e. The zero-order chi connectivity index (χ0) is 18.2. The molecular formula is C23H22N2S. The molecule has 130 valence electrons. The van der Waals surface area contributed by atoms with Crippen LogP contribution in [0.4, 0.5) is 5.69 Å². The number of benzene rings is 3. The van der Waals surface area contributed by atoms with E-state index in [1.807, 2.05) is 66.7 Å². The van der Waals surface area contributed by atoms with Gasteiger partial charge in [0.05, 0.1) is 5.70 Å². The van der Waals surface area contributed by atoms with Gasteiger partial charge in [0.15, 0.2) is 5.17 Å². The predicted octanol–water partition coefficient (Wildman–Crippen LogP) is 6.62. The van der Waals surface area contributed by atoms with E-state index >= 15 is 0 Å². The number of thioether (sulfide) groups is 1. The SMILES string of the molecule is C=C(N=C(Nc1ccccc1)SC(C)c1ccccc1)c1ccccc1. The first-order valence-corrected chi connectivity index (χ1v) is 9.47. The van der Waals surface area contributed by atoms with Crippen LogP contribution in [0.3, 0.4) is 0 Å². The van der Waals surface area contributed by atoms with E-state index in [2.05, 4.69) is 43.1 Å². The third-order valence-corrected chi connectivity index (χ3v) is 4.97. The predicted molar refractivity (Wildman–Crippen MR) is 115 cm³/mol. The summed E-state index contributed by atoms with van der Waals surface area (Å²) >= 11 is 1.69. The lowest BCUT2D eigenvalue weighted by Crippen LogP contribution is -2.10. The van der Waals surface area contributed by atoms with Crippen LogP contribution in [0.2, 0.25) is 0 Å². The minimum absolute atomic E-state index is 0.273. The summed E-state index contributed by atoms with van der Waals surface area (Å²) in [7, 11) is 0. The maximum atomic E-state index is 4.78. The molecule has 0 aliphatic heterocycles. The van der Waals surface area contributed by atoms with E-state index in [-0.39, 0.29) is 5.25 Å². The van der Waals surface area contributed by atoms with Gasteiger partial charge in [0.1, 0.15) is 0 Å². The van der Waals surface area contributed by atoms with Crippen molar-refractivity contribution in [2.75, 3.05) is 5.32 Å². The summed E-state index contributed by atoms with van der Waals surface area (Å²) in [6, 6.07) is 30.6. The van der Waals surface area contributed by atoms with E-state index in [0.717, 1.165) is 22.1 Å². The molecule has 0 saturated heterocycles. The van der Waals surface area contributed by atoms with Gasteiger partial charge in [0, 0.05) is 10.9 Å². The van der Waals surface area contributed by atoms with Crippen LogP contribution in [-0.2, 0) is 0 Å². The number of para-hydroxylation sites is 1. The van der Waals surface area contributed by atoms with Crippen molar-refractivity contribution in [2.45, 2.75) is 12.2 Å². The standard InChI is InChI=1S/C23H22N2S/c1-18(20-12-6-3-7-13-20)24-23(25-22-16-10-5-11-17-22)26-19(2)21-14-8-4-9-15-21/h3-17,19H,1H2,2H3,(H,24,25). The van der Waals surface area contributed by atoms with E-state index in [4.69, 9.17) is 4.99 Å². The van der Waals surface area contributed by atoms with Gasteiger partial charge >= 0.3 is 0 Å². The molecule has 3 heteroatoms. The molecule has 3 aromatic rings. The van der Waals surface area contributed by atoms with Crippen molar-refractivity contribution in [3.8, 4) is 0 Å². The Labute approximate surface area is 159 Å². The van der Waals surface area contributed by atoms with Crippen LogP contribution in [0.5, 0.6) is 0 Å². The zero-order valence-electron chi connectivity index (χ0n) is 14.8. The first kappa shape index (κ1) is 18.0. The van der Waals surface area contributed by atoms with Crippen LogP contribution in [-0.4, -0.2) is 5.17 Å². The monoisotopic (exact) mass is 358 g/mol. The Morgan fingerprint density at radius 2 is 1.38 bits per heavy atom. The average Bonchev–Trinajstić information content (AvgIpc) is 2.70. The molecule has 0 aliphatic rings. The minimum atomic E-state index is 0.273. The van der Waals surface area contributed by atoms with E-state index in [9.17, 15) is 0 Å². The fraction of sp³-hybridized carbons (Fsp3) is 0.0870. The first-order valence-electron chi connectivity index (χ1n) is 8.59. The van der Waals surface area contributed by atoms with Gasteiger partial charge < -0.3 is 5.32 Å². The topological polar surface area (TPSA) is 24.4 Å². The van der Waals surface area contributed by atoms with E-state index in [1.165, 1.54) is 5.56 Å². The van der Waals surface area contributed by atoms with Crippen LogP contribution < -0.4 is 5.32 Å². The molecule has 2 nitrogen and oxygen atoms in total. The lowest BCUT2D eigenvalue weighted by Gasteiger charge is -2.16. The Morgan fingerprint density at radius 1 is 0.846 bits per heavy atom. The zero-order valence-corrected chi connectivity index (χ0v) is 15.6. The first-order chi connectivity index (χ1) is 12.7. The number of aliphatic imine (C=N–C) groups is 1. The average molecular weight is 359 g/mol. The Kier molecular flexibility index (Phi) is 6.29. The summed E-state index contributed by atoms with van der Waals surface area (Å²) in [6.45, 7) is 6.33. The molecule has 0 radical (unpaired) electrons. The number of rotatable bonds is 5. The van der Waals surface area contributed by atoms with E-state index < -0.39 is 0 Å². The van der Waals surface area contributed by atoms with Crippen LogP contribution >= 0.6 is 11.8 Å². The number of nitrogens with one attached hydrogen (secondary N) is 1. The Bertz CT molecular complexity index is 858. The van der Waals surface area contributed by atoms with Crippen LogP contribution in [0.15, 0.2) is 103 Å². The van der Waals surface area contributed by atoms with Crippen LogP contribution in [0.1, 0.15) is 23.3 Å². The van der Waals surface area contributed by atoms with Crippen molar-refractivity contribution >= 4 is 28.3 Å². The maximum absolute atomic E-state index is 4.78. The number of hydrogen-bond acceptors (Lipinski definition) is 2. The van der Waals surface area contributed by atoms with Crippen molar-refractivity contribution in [1.82, 2.24) is 0 Å². The number of amidine groups is 1. The summed E-state index contributed by atoms with van der Waals surface area (Å²) in [5.74, 6) is 0. The summed E-state index contributed by atoms with van der Waals surface area (Å²) in [4.78, 5) is 4.78. The summed E-state index contributed by atoms with van der Waals surface area (Å²) < 4.78 is 0. The van der Waals surface area contributed by atoms with Gasteiger partial charge in [-0.05, 0) is 30.2 Å². The van der Waals surface area contributed by atoms with Crippen molar-refractivity contribution in [2.24, 2.45) is 4.99 Å². The van der Waals surface area contributed by atoms with Crippen molar-refractivity contribution in [3.63, 3.8) is 0 Å². The molecule has 0 fully saturated rings. The summed E-state index contributed by atoms with van der Waals surface area (Å²) in [6.07, 6.45) is 0. The third kappa shape index (κ3) is 5.11. The van der Waals surface area contributed by atoms with Gasteiger partial charge in [0.2, 0.25) is 0 Å². The molecule has 0 spiro atoms. The van der Waals surface area contributed by atoms with Gasteiger partial charge in [0.25, 0.3) is 0 Å². The Balaban J connectivity index is 1.83. The highest BCUT2D eigenvalue weighted by Gasteiger charge is 2.11. The molecule has 0 saturated carbocycles. The second-order valence-electron chi connectivity index (χ2n) is 5.89. The van der Waals surface area contributed by atoms with Crippen molar-refractivity contribution in [3.05, 3.63) is 109 Å². The van der Waals surface area contributed by atoms with Gasteiger partial charge in [-0.3, -0.25) is 0 Å². The lowest BCUT2D eigenvalue weighted by atomic mass is 10.2. The quantitative estimate of drug-likeness (QED) is 0.409. The molecule has 0 bridgehead atoms. The van der Waals surface area contributed by atoms with Gasteiger partial charge in [-0.2, -0.15) is 0 Å². The number of anilines is 1. The molecule has 1 N–H and O–H groups in total. The fourth-order valence-electron chi connectivity index (χ4n) is 2.51. The molecule has 0 heterocycles. The molecule has 3 aromatic carbocycles. The normalized spacial score (nSPS) is 12.4. The molecule has 26 heavy (non-hydrogen) atoms. The van der Waals surface area contributed by atoms with E-state index in [1.54, 1.807) is 11.8 Å². The van der Waals surface area contributed by atoms with Crippen molar-refractivity contribution in [1.29, 1.82) is 0 Å². The Morgan fingerprint density at radius 3 is 2.00 bits per heavy atom. The van der Waals surface area contributed by atoms with Gasteiger partial charge in [-0.25, -0.2) is 4.99 Å². The van der Waals surface area contributed by atoms with Crippen LogP contribution in [0.25, 0.3) is 5.70 Å². The summed E-state index contributed by atoms with van der Waals surface area (Å²) in [5, 5.41) is 4.54. The minimum Gasteiger partial charge on any atom is -0.335 e. The number of hydrogen-bond donors (Lipinski definition) is 1. The third-order valence-electron chi connectivity index (χ3n) is 3.93. The second-order valence-corrected chi connectivity index (χ2v) is 7.22. The van der Waals surface area contributed by atoms with E-state index in [0.29, 0.717) is 0 Å². The van der Waals surface area contributed by atoms with Crippen LogP contribution in [0, 0.1) is 0 Å². The fourth-order valence-corrected chi connectivity index (χ4v) is 3.47. The maximum Gasteiger partial charge on any atom is 0.166 e. The molecule has 0 aliphatic carbocycles. The summed E-state index contributed by atoms with van der Waals surface area (Å²) in [5.41, 5.74) is 4.05. The molecule has 0 amide bonds. The molecule has 3 rings (SSSR count). The second kappa shape index (κ2) is 9.07. The molecule has 1 unspecified atom stereocenters. The molecule has 1 atom stereocenters. The lowest BCUT2D eigenvalue weighted by molar-refractivity contribution is 1.11. The highest BCUT2D eigenvalue weighted by molar-refractivity contribution is 8.14. The van der Waals surface area contributed by atoms with Crippen molar-refractivity contribution < 1.29 is 0 Å². The van der Waals surface area contributed by atoms with Gasteiger partial charge in [-0.1, -0.05) is 97.2 Å². The molecule has 0 aromatic heterocycles.